The van der Waals surface area contributed by atoms with Crippen LogP contribution in [-0.2, 0) is 9.59 Å². The number of rotatable bonds is 2. The van der Waals surface area contributed by atoms with Crippen molar-refractivity contribution in [2.24, 2.45) is 5.92 Å². The minimum Gasteiger partial charge on any atom is -0.491 e. The van der Waals surface area contributed by atoms with Crippen molar-refractivity contribution in [1.82, 2.24) is 0 Å². The standard InChI is InChI=1S/C16H20N2O3/c19-15-8-9-21-14-7-6-12(10-13(14)18-15)17-16(20)11-4-2-1-3-5-11/h6-7,10-11H,1-5,8-9H2,(H,17,20)(H,18,19). The lowest BCUT2D eigenvalue weighted by Gasteiger charge is -2.21. The van der Waals surface area contributed by atoms with Crippen molar-refractivity contribution in [3.8, 4) is 5.75 Å². The zero-order valence-electron chi connectivity index (χ0n) is 12.0. The smallest absolute Gasteiger partial charge is 0.227 e. The molecule has 1 aromatic rings. The SMILES string of the molecule is O=C1CCOc2ccc(NC(=O)C3CCCCC3)cc2N1. The predicted octanol–water partition coefficient (Wildman–Crippen LogP) is 2.93. The highest BCUT2D eigenvalue weighted by atomic mass is 16.5. The molecule has 0 radical (unpaired) electrons. The Morgan fingerprint density at radius 1 is 1.24 bits per heavy atom. The fourth-order valence-electron chi connectivity index (χ4n) is 2.91. The third-order valence-corrected chi connectivity index (χ3v) is 4.08. The summed E-state index contributed by atoms with van der Waals surface area (Å²) < 4.78 is 5.50. The summed E-state index contributed by atoms with van der Waals surface area (Å²) in [6, 6.07) is 5.37. The van der Waals surface area contributed by atoms with Crippen LogP contribution in [0, 0.1) is 5.92 Å². The first-order valence-electron chi connectivity index (χ1n) is 7.60. The number of anilines is 2. The molecule has 2 aliphatic rings. The lowest BCUT2D eigenvalue weighted by atomic mass is 9.88. The Morgan fingerprint density at radius 2 is 2.05 bits per heavy atom. The van der Waals surface area contributed by atoms with Crippen LogP contribution in [0.3, 0.4) is 0 Å². The van der Waals surface area contributed by atoms with Gasteiger partial charge in [0.15, 0.2) is 0 Å². The van der Waals surface area contributed by atoms with Crippen molar-refractivity contribution in [2.45, 2.75) is 38.5 Å². The lowest BCUT2D eigenvalue weighted by Crippen LogP contribution is -2.24. The molecule has 5 nitrogen and oxygen atoms in total. The number of fused-ring (bicyclic) bond motifs is 1. The molecule has 2 amide bonds. The highest BCUT2D eigenvalue weighted by Gasteiger charge is 2.21. The van der Waals surface area contributed by atoms with Crippen molar-refractivity contribution in [3.05, 3.63) is 18.2 Å². The van der Waals surface area contributed by atoms with E-state index in [1.165, 1.54) is 6.42 Å². The van der Waals surface area contributed by atoms with Crippen LogP contribution in [-0.4, -0.2) is 18.4 Å². The molecule has 5 heteroatoms. The molecule has 0 atom stereocenters. The maximum absolute atomic E-state index is 12.2. The molecular formula is C16H20N2O3. The van der Waals surface area contributed by atoms with E-state index in [1.807, 2.05) is 6.07 Å². The van der Waals surface area contributed by atoms with E-state index in [1.54, 1.807) is 12.1 Å². The Hall–Kier alpha value is -2.04. The summed E-state index contributed by atoms with van der Waals surface area (Å²) in [6.45, 7) is 0.382. The van der Waals surface area contributed by atoms with Crippen molar-refractivity contribution in [1.29, 1.82) is 0 Å². The van der Waals surface area contributed by atoms with Gasteiger partial charge in [0.25, 0.3) is 0 Å². The Morgan fingerprint density at radius 3 is 2.86 bits per heavy atom. The number of hydrogen-bond acceptors (Lipinski definition) is 3. The van der Waals surface area contributed by atoms with Crippen molar-refractivity contribution in [2.75, 3.05) is 17.2 Å². The molecule has 1 aliphatic carbocycles. The maximum Gasteiger partial charge on any atom is 0.227 e. The van der Waals surface area contributed by atoms with Crippen LogP contribution < -0.4 is 15.4 Å². The second-order valence-electron chi connectivity index (χ2n) is 5.68. The Kier molecular flexibility index (Phi) is 4.08. The molecule has 0 unspecified atom stereocenters. The molecule has 0 saturated heterocycles. The largest absolute Gasteiger partial charge is 0.491 e. The van der Waals surface area contributed by atoms with E-state index in [4.69, 9.17) is 4.74 Å². The predicted molar refractivity (Wildman–Crippen MR) is 80.4 cm³/mol. The molecule has 2 N–H and O–H groups in total. The lowest BCUT2D eigenvalue weighted by molar-refractivity contribution is -0.120. The average Bonchev–Trinajstić information content (AvgIpc) is 2.68. The van der Waals surface area contributed by atoms with Crippen molar-refractivity contribution < 1.29 is 14.3 Å². The minimum absolute atomic E-state index is 0.0653. The van der Waals surface area contributed by atoms with Gasteiger partial charge in [-0.3, -0.25) is 9.59 Å². The van der Waals surface area contributed by atoms with Gasteiger partial charge < -0.3 is 15.4 Å². The molecule has 112 valence electrons. The van der Waals surface area contributed by atoms with Gasteiger partial charge in [0, 0.05) is 11.6 Å². The summed E-state index contributed by atoms with van der Waals surface area (Å²) in [5.41, 5.74) is 1.33. The monoisotopic (exact) mass is 288 g/mol. The molecule has 1 aromatic carbocycles. The minimum atomic E-state index is -0.0653. The molecule has 3 rings (SSSR count). The van der Waals surface area contributed by atoms with E-state index in [2.05, 4.69) is 10.6 Å². The van der Waals surface area contributed by atoms with Crippen LogP contribution in [0.5, 0.6) is 5.75 Å². The van der Waals surface area contributed by atoms with Gasteiger partial charge in [-0.2, -0.15) is 0 Å². The number of carbonyl (C=O) groups is 2. The van der Waals surface area contributed by atoms with Gasteiger partial charge in [-0.1, -0.05) is 19.3 Å². The maximum atomic E-state index is 12.2. The zero-order chi connectivity index (χ0) is 14.7. The van der Waals surface area contributed by atoms with Crippen molar-refractivity contribution in [3.63, 3.8) is 0 Å². The van der Waals surface area contributed by atoms with Crippen LogP contribution in [0.15, 0.2) is 18.2 Å². The summed E-state index contributed by atoms with van der Waals surface area (Å²) in [6.07, 6.45) is 5.77. The number of ether oxygens (including phenoxy) is 1. The van der Waals surface area contributed by atoms with E-state index >= 15 is 0 Å². The second-order valence-corrected chi connectivity index (χ2v) is 5.68. The highest BCUT2D eigenvalue weighted by Crippen LogP contribution is 2.31. The Balaban J connectivity index is 1.71. The van der Waals surface area contributed by atoms with Gasteiger partial charge in [0.2, 0.25) is 11.8 Å². The molecule has 1 heterocycles. The second kappa shape index (κ2) is 6.16. The number of nitrogens with one attached hydrogen (secondary N) is 2. The molecule has 1 saturated carbocycles. The van der Waals surface area contributed by atoms with Gasteiger partial charge in [-0.25, -0.2) is 0 Å². The van der Waals surface area contributed by atoms with E-state index in [0.29, 0.717) is 30.2 Å². The molecular weight excluding hydrogens is 268 g/mol. The summed E-state index contributed by atoms with van der Waals surface area (Å²) in [5.74, 6) is 0.778. The fourth-order valence-corrected chi connectivity index (χ4v) is 2.91. The molecule has 21 heavy (non-hydrogen) atoms. The quantitative estimate of drug-likeness (QED) is 0.879. The van der Waals surface area contributed by atoms with Crippen LogP contribution in [0.1, 0.15) is 38.5 Å². The van der Waals surface area contributed by atoms with Gasteiger partial charge in [-0.05, 0) is 31.0 Å². The van der Waals surface area contributed by atoms with Gasteiger partial charge in [0.1, 0.15) is 5.75 Å². The van der Waals surface area contributed by atoms with Crippen LogP contribution in [0.25, 0.3) is 0 Å². The van der Waals surface area contributed by atoms with Gasteiger partial charge >= 0.3 is 0 Å². The summed E-state index contributed by atoms with van der Waals surface area (Å²) in [7, 11) is 0. The third kappa shape index (κ3) is 3.35. The first-order valence-corrected chi connectivity index (χ1v) is 7.60. The average molecular weight is 288 g/mol. The van der Waals surface area contributed by atoms with Crippen molar-refractivity contribution >= 4 is 23.2 Å². The fraction of sp³-hybridized carbons (Fsp3) is 0.500. The molecule has 0 spiro atoms. The van der Waals surface area contributed by atoms with E-state index in [0.717, 1.165) is 25.7 Å². The summed E-state index contributed by atoms with van der Waals surface area (Å²) in [4.78, 5) is 23.8. The van der Waals surface area contributed by atoms with Gasteiger partial charge in [0.05, 0.1) is 18.7 Å². The van der Waals surface area contributed by atoms with E-state index < -0.39 is 0 Å². The van der Waals surface area contributed by atoms with Crippen LogP contribution in [0.4, 0.5) is 11.4 Å². The van der Waals surface area contributed by atoms with Crippen LogP contribution >= 0.6 is 0 Å². The number of amides is 2. The number of carbonyl (C=O) groups excluding carboxylic acids is 2. The topological polar surface area (TPSA) is 67.4 Å². The first kappa shape index (κ1) is 13.9. The summed E-state index contributed by atoms with van der Waals surface area (Å²) >= 11 is 0. The van der Waals surface area contributed by atoms with E-state index in [9.17, 15) is 9.59 Å². The first-order chi connectivity index (χ1) is 10.2. The number of benzene rings is 1. The molecule has 1 aliphatic heterocycles. The molecule has 0 aromatic heterocycles. The van der Waals surface area contributed by atoms with Crippen LogP contribution in [0.2, 0.25) is 0 Å². The zero-order valence-corrected chi connectivity index (χ0v) is 12.0. The molecule has 0 bridgehead atoms. The van der Waals surface area contributed by atoms with E-state index in [-0.39, 0.29) is 17.7 Å². The Labute approximate surface area is 124 Å². The Bertz CT molecular complexity index is 550. The highest BCUT2D eigenvalue weighted by molar-refractivity contribution is 5.96. The molecule has 1 fully saturated rings. The normalized spacial score (nSPS) is 19.0. The summed E-state index contributed by atoms with van der Waals surface area (Å²) in [5, 5.41) is 5.75. The van der Waals surface area contributed by atoms with Gasteiger partial charge in [-0.15, -0.1) is 0 Å². The number of hydrogen-bond donors (Lipinski definition) is 2. The third-order valence-electron chi connectivity index (χ3n) is 4.08.